The Kier molecular flexibility index (Phi) is 6.87. The summed E-state index contributed by atoms with van der Waals surface area (Å²) in [5.74, 6) is -0.180. The van der Waals surface area contributed by atoms with E-state index in [0.29, 0.717) is 12.1 Å². The van der Waals surface area contributed by atoms with Crippen molar-refractivity contribution in [2.45, 2.75) is 57.4 Å². The Hall–Kier alpha value is -1.11. The molecule has 0 aromatic heterocycles. The Labute approximate surface area is 151 Å². The monoisotopic (exact) mass is 428 g/mol. The second-order valence-corrected chi connectivity index (χ2v) is 7.46. The van der Waals surface area contributed by atoms with Gasteiger partial charge in [0.2, 0.25) is 5.91 Å². The van der Waals surface area contributed by atoms with Gasteiger partial charge in [-0.05, 0) is 60.1 Å². The molecule has 23 heavy (non-hydrogen) atoms. The number of amides is 2. The van der Waals surface area contributed by atoms with Gasteiger partial charge in [0.05, 0.1) is 0 Å². The summed E-state index contributed by atoms with van der Waals surface area (Å²) in [6.07, 6.45) is 6.54. The minimum atomic E-state index is -0.746. The van der Waals surface area contributed by atoms with Crippen LogP contribution in [-0.2, 0) is 4.79 Å². The molecule has 1 saturated carbocycles. The summed E-state index contributed by atoms with van der Waals surface area (Å²) < 4.78 is 1.01. The molecular weight excluding hydrogens is 403 g/mol. The van der Waals surface area contributed by atoms with Crippen molar-refractivity contribution in [3.05, 3.63) is 33.4 Å². The first-order valence-corrected chi connectivity index (χ1v) is 9.52. The minimum Gasteiger partial charge on any atom is -0.354 e. The summed E-state index contributed by atoms with van der Waals surface area (Å²) in [6, 6.07) is 7.46. The molecule has 4 nitrogen and oxygen atoms in total. The van der Waals surface area contributed by atoms with Gasteiger partial charge in [-0.2, -0.15) is 0 Å². The van der Waals surface area contributed by atoms with Crippen LogP contribution in [0.25, 0.3) is 0 Å². The van der Waals surface area contributed by atoms with E-state index in [4.69, 9.17) is 0 Å². The summed E-state index contributed by atoms with van der Waals surface area (Å²) >= 11 is 2.19. The molecule has 1 aliphatic rings. The fourth-order valence-corrected chi connectivity index (χ4v) is 3.57. The highest BCUT2D eigenvalue weighted by Crippen LogP contribution is 2.29. The minimum absolute atomic E-state index is 0.0235. The fourth-order valence-electron chi connectivity index (χ4n) is 3.03. The zero-order chi connectivity index (χ0) is 16.7. The Balaban J connectivity index is 2.11. The van der Waals surface area contributed by atoms with Gasteiger partial charge in [0.15, 0.2) is 0 Å². The maximum atomic E-state index is 12.7. The third-order valence-electron chi connectivity index (χ3n) is 4.40. The van der Waals surface area contributed by atoms with Crippen LogP contribution in [0.2, 0.25) is 0 Å². The van der Waals surface area contributed by atoms with E-state index >= 15 is 0 Å². The van der Waals surface area contributed by atoms with Crippen LogP contribution in [0.4, 0.5) is 0 Å². The van der Waals surface area contributed by atoms with Crippen molar-refractivity contribution in [2.24, 2.45) is 0 Å². The smallest absolute Gasteiger partial charge is 0.252 e. The topological polar surface area (TPSA) is 58.2 Å². The summed E-state index contributed by atoms with van der Waals surface area (Å²) in [5, 5.41) is 6.06. The maximum absolute atomic E-state index is 12.7. The van der Waals surface area contributed by atoms with Crippen LogP contribution in [-0.4, -0.2) is 23.9 Å². The van der Waals surface area contributed by atoms with Crippen molar-refractivity contribution >= 4 is 34.4 Å². The number of unbranched alkanes of at least 4 members (excludes halogenated alkanes) is 1. The van der Waals surface area contributed by atoms with Crippen LogP contribution in [0.15, 0.2) is 24.3 Å². The van der Waals surface area contributed by atoms with Gasteiger partial charge >= 0.3 is 0 Å². The third-order valence-corrected chi connectivity index (χ3v) is 5.07. The summed E-state index contributed by atoms with van der Waals surface area (Å²) in [4.78, 5) is 25.3. The molecule has 0 atom stereocenters. The van der Waals surface area contributed by atoms with E-state index in [1.54, 1.807) is 6.07 Å². The number of halogens is 1. The number of hydrogen-bond donors (Lipinski definition) is 2. The van der Waals surface area contributed by atoms with Gasteiger partial charge in [0.1, 0.15) is 5.54 Å². The maximum Gasteiger partial charge on any atom is 0.252 e. The van der Waals surface area contributed by atoms with E-state index in [1.807, 2.05) is 18.2 Å². The fraction of sp³-hybridized carbons (Fsp3) is 0.556. The molecule has 0 aliphatic heterocycles. The van der Waals surface area contributed by atoms with E-state index in [-0.39, 0.29) is 11.8 Å². The quantitative estimate of drug-likeness (QED) is 0.537. The molecule has 0 radical (unpaired) electrons. The van der Waals surface area contributed by atoms with E-state index in [9.17, 15) is 9.59 Å². The molecule has 2 amide bonds. The molecular formula is C18H25IN2O2. The average Bonchev–Trinajstić information content (AvgIpc) is 2.55. The van der Waals surface area contributed by atoms with Crippen molar-refractivity contribution in [3.63, 3.8) is 0 Å². The molecule has 2 N–H and O–H groups in total. The van der Waals surface area contributed by atoms with Gasteiger partial charge < -0.3 is 10.6 Å². The molecule has 1 fully saturated rings. The highest BCUT2D eigenvalue weighted by atomic mass is 127. The van der Waals surface area contributed by atoms with Crippen LogP contribution in [0.5, 0.6) is 0 Å². The lowest BCUT2D eigenvalue weighted by Gasteiger charge is -2.36. The summed E-state index contributed by atoms with van der Waals surface area (Å²) in [6.45, 7) is 2.78. The van der Waals surface area contributed by atoms with E-state index < -0.39 is 5.54 Å². The lowest BCUT2D eigenvalue weighted by molar-refractivity contribution is -0.128. The Morgan fingerprint density at radius 3 is 2.61 bits per heavy atom. The van der Waals surface area contributed by atoms with Crippen LogP contribution in [0.1, 0.15) is 62.2 Å². The molecule has 1 aromatic carbocycles. The Morgan fingerprint density at radius 2 is 1.96 bits per heavy atom. The number of benzene rings is 1. The number of carbonyl (C=O) groups is 2. The lowest BCUT2D eigenvalue weighted by Crippen LogP contribution is -2.59. The second kappa shape index (κ2) is 8.66. The third kappa shape index (κ3) is 4.93. The van der Waals surface area contributed by atoms with Crippen LogP contribution in [0.3, 0.4) is 0 Å². The SMILES string of the molecule is CCCCNC(=O)C1(NC(=O)c2cccc(I)c2)CCCCC1. The van der Waals surface area contributed by atoms with Gasteiger partial charge in [-0.15, -0.1) is 0 Å². The first-order chi connectivity index (χ1) is 11.1. The van der Waals surface area contributed by atoms with Gasteiger partial charge in [-0.3, -0.25) is 9.59 Å². The van der Waals surface area contributed by atoms with Crippen molar-refractivity contribution in [3.8, 4) is 0 Å². The molecule has 126 valence electrons. The number of carbonyl (C=O) groups excluding carboxylic acids is 2. The molecule has 0 unspecified atom stereocenters. The van der Waals surface area contributed by atoms with Gasteiger partial charge in [-0.25, -0.2) is 0 Å². The van der Waals surface area contributed by atoms with E-state index in [2.05, 4.69) is 40.1 Å². The predicted molar refractivity (Wildman–Crippen MR) is 100 cm³/mol. The summed E-state index contributed by atoms with van der Waals surface area (Å²) in [7, 11) is 0. The highest BCUT2D eigenvalue weighted by molar-refractivity contribution is 14.1. The van der Waals surface area contributed by atoms with Gasteiger partial charge in [-0.1, -0.05) is 38.7 Å². The zero-order valence-electron chi connectivity index (χ0n) is 13.7. The molecule has 5 heteroatoms. The molecule has 0 bridgehead atoms. The zero-order valence-corrected chi connectivity index (χ0v) is 15.8. The van der Waals surface area contributed by atoms with E-state index in [0.717, 1.165) is 48.5 Å². The Bertz CT molecular complexity index is 554. The molecule has 1 aromatic rings. The average molecular weight is 428 g/mol. The van der Waals surface area contributed by atoms with Crippen molar-refractivity contribution in [1.82, 2.24) is 10.6 Å². The number of hydrogen-bond acceptors (Lipinski definition) is 2. The van der Waals surface area contributed by atoms with Crippen LogP contribution in [0, 0.1) is 3.57 Å². The van der Waals surface area contributed by atoms with Crippen molar-refractivity contribution in [1.29, 1.82) is 0 Å². The standard InChI is InChI=1S/C18H25IN2O2/c1-2-3-12-20-17(23)18(10-5-4-6-11-18)21-16(22)14-8-7-9-15(19)13-14/h7-9,13H,2-6,10-12H2,1H3,(H,20,23)(H,21,22). The van der Waals surface area contributed by atoms with Crippen molar-refractivity contribution in [2.75, 3.05) is 6.54 Å². The predicted octanol–water partition coefficient (Wildman–Crippen LogP) is 3.64. The first-order valence-electron chi connectivity index (χ1n) is 8.44. The first kappa shape index (κ1) is 18.2. The lowest BCUT2D eigenvalue weighted by atomic mass is 9.80. The number of rotatable bonds is 6. The number of nitrogens with one attached hydrogen (secondary N) is 2. The molecule has 0 spiro atoms. The van der Waals surface area contributed by atoms with Crippen LogP contribution < -0.4 is 10.6 Å². The van der Waals surface area contributed by atoms with E-state index in [1.165, 1.54) is 0 Å². The highest BCUT2D eigenvalue weighted by Gasteiger charge is 2.40. The molecule has 1 aliphatic carbocycles. The van der Waals surface area contributed by atoms with Crippen molar-refractivity contribution < 1.29 is 9.59 Å². The second-order valence-electron chi connectivity index (χ2n) is 6.22. The van der Waals surface area contributed by atoms with Gasteiger partial charge in [0.25, 0.3) is 5.91 Å². The van der Waals surface area contributed by atoms with Gasteiger partial charge in [0, 0.05) is 15.7 Å². The molecule has 2 rings (SSSR count). The molecule has 0 heterocycles. The molecule has 0 saturated heterocycles. The Morgan fingerprint density at radius 1 is 1.22 bits per heavy atom. The normalized spacial score (nSPS) is 16.6. The summed E-state index contributed by atoms with van der Waals surface area (Å²) in [5.41, 5.74) is -0.132. The van der Waals surface area contributed by atoms with Crippen LogP contribution >= 0.6 is 22.6 Å². The largest absolute Gasteiger partial charge is 0.354 e.